The summed E-state index contributed by atoms with van der Waals surface area (Å²) >= 11 is 0. The molecule has 0 spiro atoms. The SMILES string of the molecule is CCn1cc(-c2cnc3c(Nc4nccc5ccccc45)nccn23)cn1. The largest absolute Gasteiger partial charge is 0.321 e. The molecule has 0 aliphatic carbocycles. The summed E-state index contributed by atoms with van der Waals surface area (Å²) in [6.07, 6.45) is 11.2. The molecule has 1 N–H and O–H groups in total. The standard InChI is InChI=1S/C20H17N7/c1-2-26-13-15(11-24-26)17-12-23-20-19(22-9-10-27(17)20)25-18-16-6-4-3-5-14(16)7-8-21-18/h3-13H,2H2,1H3,(H,21,22,25). The predicted molar refractivity (Wildman–Crippen MR) is 105 cm³/mol. The van der Waals surface area contributed by atoms with Crippen molar-refractivity contribution in [2.24, 2.45) is 0 Å². The van der Waals surface area contributed by atoms with Gasteiger partial charge < -0.3 is 5.32 Å². The van der Waals surface area contributed by atoms with E-state index in [9.17, 15) is 0 Å². The maximum Gasteiger partial charge on any atom is 0.180 e. The van der Waals surface area contributed by atoms with Gasteiger partial charge in [-0.05, 0) is 18.4 Å². The van der Waals surface area contributed by atoms with Crippen LogP contribution in [0.3, 0.4) is 0 Å². The second-order valence-corrected chi connectivity index (χ2v) is 6.20. The first-order valence-electron chi connectivity index (χ1n) is 8.79. The lowest BCUT2D eigenvalue weighted by Crippen LogP contribution is -2.00. The first kappa shape index (κ1) is 15.5. The lowest BCUT2D eigenvalue weighted by molar-refractivity contribution is 0.660. The van der Waals surface area contributed by atoms with Crippen molar-refractivity contribution in [1.82, 2.24) is 29.1 Å². The molecule has 0 unspecified atom stereocenters. The lowest BCUT2D eigenvalue weighted by Gasteiger charge is -2.09. The number of pyridine rings is 1. The molecule has 7 heteroatoms. The summed E-state index contributed by atoms with van der Waals surface area (Å²) < 4.78 is 3.91. The highest BCUT2D eigenvalue weighted by molar-refractivity contribution is 5.93. The third kappa shape index (κ3) is 2.60. The molecule has 0 amide bonds. The molecule has 0 saturated carbocycles. The summed E-state index contributed by atoms with van der Waals surface area (Å²) in [7, 11) is 0. The molecule has 1 aromatic carbocycles. The Kier molecular flexibility index (Phi) is 3.57. The Morgan fingerprint density at radius 3 is 2.74 bits per heavy atom. The Balaban J connectivity index is 1.60. The molecule has 0 aliphatic rings. The maximum atomic E-state index is 4.58. The molecule has 5 aromatic rings. The summed E-state index contributed by atoms with van der Waals surface area (Å²) in [4.78, 5) is 13.5. The molecule has 7 nitrogen and oxygen atoms in total. The van der Waals surface area contributed by atoms with Crippen molar-refractivity contribution in [3.8, 4) is 11.3 Å². The van der Waals surface area contributed by atoms with Crippen molar-refractivity contribution in [1.29, 1.82) is 0 Å². The van der Waals surface area contributed by atoms with E-state index >= 15 is 0 Å². The van der Waals surface area contributed by atoms with Gasteiger partial charge in [0.05, 0.1) is 18.1 Å². The fraction of sp³-hybridized carbons (Fsp3) is 0.100. The molecule has 0 atom stereocenters. The van der Waals surface area contributed by atoms with Crippen LogP contribution in [0.25, 0.3) is 27.7 Å². The van der Waals surface area contributed by atoms with Crippen LogP contribution in [-0.2, 0) is 6.54 Å². The lowest BCUT2D eigenvalue weighted by atomic mass is 10.1. The van der Waals surface area contributed by atoms with Crippen LogP contribution in [0.1, 0.15) is 6.92 Å². The van der Waals surface area contributed by atoms with Gasteiger partial charge >= 0.3 is 0 Å². The van der Waals surface area contributed by atoms with Gasteiger partial charge in [-0.2, -0.15) is 5.10 Å². The average molecular weight is 355 g/mol. The highest BCUT2D eigenvalue weighted by atomic mass is 15.3. The predicted octanol–water partition coefficient (Wildman–Crippen LogP) is 3.90. The van der Waals surface area contributed by atoms with E-state index in [4.69, 9.17) is 0 Å². The third-order valence-electron chi connectivity index (χ3n) is 4.59. The van der Waals surface area contributed by atoms with Gasteiger partial charge in [-0.25, -0.2) is 15.0 Å². The van der Waals surface area contributed by atoms with Gasteiger partial charge in [0.25, 0.3) is 0 Å². The number of nitrogens with one attached hydrogen (secondary N) is 1. The Hall–Kier alpha value is -3.74. The second-order valence-electron chi connectivity index (χ2n) is 6.20. The smallest absolute Gasteiger partial charge is 0.180 e. The number of aromatic nitrogens is 6. The van der Waals surface area contributed by atoms with Gasteiger partial charge in [0.15, 0.2) is 11.5 Å². The molecule has 0 radical (unpaired) electrons. The van der Waals surface area contributed by atoms with Crippen molar-refractivity contribution in [3.63, 3.8) is 0 Å². The van der Waals surface area contributed by atoms with Crippen molar-refractivity contribution >= 4 is 28.1 Å². The van der Waals surface area contributed by atoms with Crippen LogP contribution in [-0.4, -0.2) is 29.1 Å². The number of hydrogen-bond donors (Lipinski definition) is 1. The molecule has 4 aromatic heterocycles. The number of fused-ring (bicyclic) bond motifs is 2. The van der Waals surface area contributed by atoms with E-state index in [1.54, 1.807) is 12.4 Å². The number of imidazole rings is 1. The van der Waals surface area contributed by atoms with E-state index in [0.717, 1.165) is 40.0 Å². The molecule has 27 heavy (non-hydrogen) atoms. The van der Waals surface area contributed by atoms with Crippen LogP contribution in [0, 0.1) is 0 Å². The zero-order valence-electron chi connectivity index (χ0n) is 14.7. The van der Waals surface area contributed by atoms with Gasteiger partial charge in [0.1, 0.15) is 5.82 Å². The van der Waals surface area contributed by atoms with E-state index in [2.05, 4.69) is 38.4 Å². The minimum atomic E-state index is 0.662. The fourth-order valence-electron chi connectivity index (χ4n) is 3.22. The molecule has 0 aliphatic heterocycles. The van der Waals surface area contributed by atoms with Crippen molar-refractivity contribution in [2.45, 2.75) is 13.5 Å². The zero-order valence-corrected chi connectivity index (χ0v) is 14.7. The van der Waals surface area contributed by atoms with Crippen LogP contribution in [0.4, 0.5) is 11.6 Å². The number of nitrogens with zero attached hydrogens (tertiary/aromatic N) is 6. The molecule has 132 valence electrons. The molecular weight excluding hydrogens is 338 g/mol. The van der Waals surface area contributed by atoms with E-state index in [1.807, 2.05) is 58.1 Å². The molecule has 0 saturated heterocycles. The monoisotopic (exact) mass is 355 g/mol. The van der Waals surface area contributed by atoms with Crippen molar-refractivity contribution in [2.75, 3.05) is 5.32 Å². The number of rotatable bonds is 4. The number of benzene rings is 1. The Morgan fingerprint density at radius 1 is 0.963 bits per heavy atom. The normalized spacial score (nSPS) is 11.3. The average Bonchev–Trinajstić information content (AvgIpc) is 3.35. The maximum absolute atomic E-state index is 4.58. The highest BCUT2D eigenvalue weighted by Crippen LogP contribution is 2.27. The summed E-state index contributed by atoms with van der Waals surface area (Å²) in [5.41, 5.74) is 2.73. The topological polar surface area (TPSA) is 72.9 Å². The molecule has 0 fully saturated rings. The van der Waals surface area contributed by atoms with Gasteiger partial charge in [0.2, 0.25) is 0 Å². The first-order valence-corrected chi connectivity index (χ1v) is 8.79. The van der Waals surface area contributed by atoms with Crippen LogP contribution in [0.2, 0.25) is 0 Å². The number of hydrogen-bond acceptors (Lipinski definition) is 5. The number of anilines is 2. The Bertz CT molecular complexity index is 1250. The van der Waals surface area contributed by atoms with Gasteiger partial charge in [-0.15, -0.1) is 0 Å². The minimum absolute atomic E-state index is 0.662. The van der Waals surface area contributed by atoms with E-state index < -0.39 is 0 Å². The first-order chi connectivity index (χ1) is 13.3. The quantitative estimate of drug-likeness (QED) is 0.529. The molecule has 0 bridgehead atoms. The Morgan fingerprint density at radius 2 is 1.85 bits per heavy atom. The summed E-state index contributed by atoms with van der Waals surface area (Å²) in [6, 6.07) is 10.1. The van der Waals surface area contributed by atoms with E-state index in [0.29, 0.717) is 5.82 Å². The van der Waals surface area contributed by atoms with E-state index in [1.165, 1.54) is 0 Å². The van der Waals surface area contributed by atoms with Crippen LogP contribution in [0.15, 0.2) is 67.5 Å². The van der Waals surface area contributed by atoms with Gasteiger partial charge in [-0.3, -0.25) is 9.08 Å². The summed E-state index contributed by atoms with van der Waals surface area (Å²) in [5.74, 6) is 1.42. The van der Waals surface area contributed by atoms with Gasteiger partial charge in [0, 0.05) is 42.3 Å². The van der Waals surface area contributed by atoms with E-state index in [-0.39, 0.29) is 0 Å². The fourth-order valence-corrected chi connectivity index (χ4v) is 3.22. The van der Waals surface area contributed by atoms with Crippen LogP contribution >= 0.6 is 0 Å². The summed E-state index contributed by atoms with van der Waals surface area (Å²) in [6.45, 7) is 2.90. The molecular formula is C20H17N7. The van der Waals surface area contributed by atoms with Crippen molar-refractivity contribution in [3.05, 3.63) is 67.5 Å². The minimum Gasteiger partial charge on any atom is -0.321 e. The molecule has 4 heterocycles. The second kappa shape index (κ2) is 6.21. The zero-order chi connectivity index (χ0) is 18.2. The van der Waals surface area contributed by atoms with Crippen LogP contribution < -0.4 is 5.32 Å². The van der Waals surface area contributed by atoms with Crippen LogP contribution in [0.5, 0.6) is 0 Å². The summed E-state index contributed by atoms with van der Waals surface area (Å²) in [5, 5.41) is 9.87. The molecule has 5 rings (SSSR count). The Labute approximate surface area is 155 Å². The third-order valence-corrected chi connectivity index (χ3v) is 4.59. The highest BCUT2D eigenvalue weighted by Gasteiger charge is 2.13. The number of aryl methyl sites for hydroxylation is 1. The van der Waals surface area contributed by atoms with Gasteiger partial charge in [-0.1, -0.05) is 24.3 Å². The van der Waals surface area contributed by atoms with Crippen molar-refractivity contribution < 1.29 is 0 Å².